The lowest BCUT2D eigenvalue weighted by Crippen LogP contribution is -2.29. The quantitative estimate of drug-likeness (QED) is 0.201. The number of ketones is 1. The minimum atomic E-state index is -0.513. The first-order valence-electron chi connectivity index (χ1n) is 14.1. The van der Waals surface area contributed by atoms with E-state index < -0.39 is 17.0 Å². The van der Waals surface area contributed by atoms with E-state index in [2.05, 4.69) is 15.1 Å². The van der Waals surface area contributed by atoms with Gasteiger partial charge in [0.2, 0.25) is 5.43 Å². The Hall–Kier alpha value is -5.16. The molecule has 0 spiro atoms. The Morgan fingerprint density at radius 1 is 0.977 bits per heavy atom. The summed E-state index contributed by atoms with van der Waals surface area (Å²) in [6.07, 6.45) is 6.03. The number of Topliss-reactive ketones (excluding diaryl/α,β-unsaturated/α-hetero) is 1. The van der Waals surface area contributed by atoms with E-state index in [1.54, 1.807) is 61.6 Å². The highest BCUT2D eigenvalue weighted by Gasteiger charge is 2.23. The maximum absolute atomic E-state index is 13.6. The van der Waals surface area contributed by atoms with E-state index in [1.165, 1.54) is 30.5 Å². The van der Waals surface area contributed by atoms with Gasteiger partial charge in [-0.1, -0.05) is 12.1 Å². The second-order valence-corrected chi connectivity index (χ2v) is 10.3. The smallest absolute Gasteiger partial charge is 0.219 e. The highest BCUT2D eigenvalue weighted by atomic mass is 19.1. The fraction of sp³-hybridized carbons (Fsp3) is 0.242. The number of carbonyl (C=O) groups excluding carboxylic acids is 1. The molecule has 0 aliphatic carbocycles. The second kappa shape index (κ2) is 12.6. The predicted molar refractivity (Wildman–Crippen MR) is 160 cm³/mol. The van der Waals surface area contributed by atoms with E-state index in [1.807, 2.05) is 0 Å². The maximum atomic E-state index is 13.6. The van der Waals surface area contributed by atoms with E-state index >= 15 is 0 Å². The number of nitrogens with zero attached hydrogens (tertiary/aromatic N) is 4. The van der Waals surface area contributed by atoms with Crippen LogP contribution >= 0.6 is 0 Å². The third-order valence-electron chi connectivity index (χ3n) is 7.49. The van der Waals surface area contributed by atoms with E-state index in [4.69, 9.17) is 18.9 Å². The summed E-state index contributed by atoms with van der Waals surface area (Å²) in [5, 5.41) is 5.19. The van der Waals surface area contributed by atoms with Crippen LogP contribution < -0.4 is 19.6 Å². The van der Waals surface area contributed by atoms with Gasteiger partial charge in [-0.05, 0) is 54.8 Å². The standard InChI is InChI=1S/C33H29FN4O6/c1-41-30-16-25-27(17-31(30)42-2)35-12-9-29(25)44-24-8-7-22(36-18-24)15-28(39)32-33(40)26(20-3-5-21(34)6-4-20)19-38(37-32)23-10-13-43-14-11-23/h3-9,12,16-19,23H,10-11,13-15H2,1-2H3. The van der Waals surface area contributed by atoms with Crippen LogP contribution in [0, 0.1) is 5.82 Å². The summed E-state index contributed by atoms with van der Waals surface area (Å²) < 4.78 is 37.6. The molecule has 0 radical (unpaired) electrons. The zero-order valence-corrected chi connectivity index (χ0v) is 24.2. The zero-order chi connectivity index (χ0) is 30.6. The Kier molecular flexibility index (Phi) is 8.29. The minimum absolute atomic E-state index is 0.0324. The number of fused-ring (bicyclic) bond motifs is 1. The monoisotopic (exact) mass is 596 g/mol. The van der Waals surface area contributed by atoms with Crippen LogP contribution in [-0.4, -0.2) is 53.0 Å². The SMILES string of the molecule is COc1cc2nccc(Oc3ccc(CC(=O)c4nn(C5CCOCC5)cc(-c5ccc(F)cc5)c4=O)nc3)c2cc1OC. The highest BCUT2D eigenvalue weighted by Crippen LogP contribution is 2.36. The molecule has 0 atom stereocenters. The van der Waals surface area contributed by atoms with Crippen molar-refractivity contribution >= 4 is 16.7 Å². The first-order valence-corrected chi connectivity index (χ1v) is 14.1. The van der Waals surface area contributed by atoms with E-state index in [-0.39, 0.29) is 23.7 Å². The average Bonchev–Trinajstić information content (AvgIpc) is 3.06. The number of ether oxygens (including phenoxy) is 4. The summed E-state index contributed by atoms with van der Waals surface area (Å²) in [4.78, 5) is 35.8. The molecule has 44 heavy (non-hydrogen) atoms. The van der Waals surface area contributed by atoms with Crippen LogP contribution in [0.25, 0.3) is 22.0 Å². The number of methoxy groups -OCH3 is 2. The van der Waals surface area contributed by atoms with Crippen molar-refractivity contribution in [3.63, 3.8) is 0 Å². The van der Waals surface area contributed by atoms with Crippen molar-refractivity contribution in [2.24, 2.45) is 0 Å². The molecule has 11 heteroatoms. The molecule has 1 fully saturated rings. The van der Waals surface area contributed by atoms with Crippen LogP contribution in [0.5, 0.6) is 23.0 Å². The van der Waals surface area contributed by atoms with Gasteiger partial charge in [0.25, 0.3) is 0 Å². The number of aromatic nitrogens is 4. The topological polar surface area (TPSA) is 115 Å². The van der Waals surface area contributed by atoms with Crippen LogP contribution in [0.3, 0.4) is 0 Å². The first-order chi connectivity index (χ1) is 21.4. The Labute approximate surface area is 252 Å². The van der Waals surface area contributed by atoms with Gasteiger partial charge >= 0.3 is 0 Å². The third kappa shape index (κ3) is 6.00. The summed E-state index contributed by atoms with van der Waals surface area (Å²) in [6.45, 7) is 1.12. The Balaban J connectivity index is 1.26. The van der Waals surface area contributed by atoms with Crippen molar-refractivity contribution < 1.29 is 28.1 Å². The number of pyridine rings is 2. The molecule has 6 rings (SSSR count). The molecule has 4 heterocycles. The number of halogens is 1. The van der Waals surface area contributed by atoms with Crippen molar-refractivity contribution in [3.05, 3.63) is 101 Å². The Morgan fingerprint density at radius 3 is 2.43 bits per heavy atom. The van der Waals surface area contributed by atoms with Crippen molar-refractivity contribution in [1.29, 1.82) is 0 Å². The average molecular weight is 597 g/mol. The maximum Gasteiger partial charge on any atom is 0.219 e. The summed E-state index contributed by atoms with van der Waals surface area (Å²) in [7, 11) is 3.11. The number of benzene rings is 2. The van der Waals surface area contributed by atoms with Gasteiger partial charge in [-0.15, -0.1) is 0 Å². The van der Waals surface area contributed by atoms with Crippen LogP contribution in [0.2, 0.25) is 0 Å². The van der Waals surface area contributed by atoms with Crippen molar-refractivity contribution in [1.82, 2.24) is 19.7 Å². The highest BCUT2D eigenvalue weighted by molar-refractivity contribution is 5.96. The van der Waals surface area contributed by atoms with E-state index in [9.17, 15) is 14.0 Å². The van der Waals surface area contributed by atoms with Gasteiger partial charge in [-0.25, -0.2) is 4.39 Å². The summed E-state index contributed by atoms with van der Waals surface area (Å²) >= 11 is 0. The molecule has 5 aromatic rings. The molecule has 1 aliphatic heterocycles. The van der Waals surface area contributed by atoms with Crippen LogP contribution in [0.4, 0.5) is 4.39 Å². The van der Waals surface area contributed by atoms with Crippen LogP contribution in [-0.2, 0) is 11.2 Å². The number of rotatable bonds is 9. The second-order valence-electron chi connectivity index (χ2n) is 10.3. The summed E-state index contributed by atoms with van der Waals surface area (Å²) in [5.41, 5.74) is 1.20. The first kappa shape index (κ1) is 28.9. The molecule has 0 amide bonds. The number of carbonyl (C=O) groups is 1. The van der Waals surface area contributed by atoms with Gasteiger partial charge in [0.1, 0.15) is 17.3 Å². The van der Waals surface area contributed by atoms with E-state index in [0.717, 1.165) is 5.39 Å². The molecule has 0 bridgehead atoms. The fourth-order valence-corrected chi connectivity index (χ4v) is 5.15. The molecule has 0 N–H and O–H groups in total. The summed E-state index contributed by atoms with van der Waals surface area (Å²) in [5.74, 6) is 1.19. The molecule has 3 aromatic heterocycles. The largest absolute Gasteiger partial charge is 0.493 e. The van der Waals surface area contributed by atoms with Gasteiger partial charge in [0, 0.05) is 48.3 Å². The van der Waals surface area contributed by atoms with Crippen LogP contribution in [0.15, 0.2) is 78.0 Å². The number of hydrogen-bond donors (Lipinski definition) is 0. The number of hydrogen-bond acceptors (Lipinski definition) is 9. The summed E-state index contributed by atoms with van der Waals surface area (Å²) in [6, 6.07) is 14.2. The van der Waals surface area contributed by atoms with Crippen LogP contribution in [0.1, 0.15) is 35.1 Å². The molecule has 224 valence electrons. The van der Waals surface area contributed by atoms with Gasteiger partial charge < -0.3 is 18.9 Å². The van der Waals surface area contributed by atoms with E-state index in [0.29, 0.717) is 65.8 Å². The molecule has 2 aromatic carbocycles. The van der Waals surface area contributed by atoms with Gasteiger partial charge in [-0.3, -0.25) is 24.2 Å². The van der Waals surface area contributed by atoms with Gasteiger partial charge in [0.05, 0.1) is 38.4 Å². The fourth-order valence-electron chi connectivity index (χ4n) is 5.15. The molecule has 1 aliphatic rings. The molecular formula is C33H29FN4O6. The molecule has 0 unspecified atom stereocenters. The minimum Gasteiger partial charge on any atom is -0.493 e. The van der Waals surface area contributed by atoms with Gasteiger partial charge in [0.15, 0.2) is 23.0 Å². The molecular weight excluding hydrogens is 567 g/mol. The third-order valence-corrected chi connectivity index (χ3v) is 7.49. The lowest BCUT2D eigenvalue weighted by Gasteiger charge is -2.24. The Morgan fingerprint density at radius 2 is 1.73 bits per heavy atom. The lowest BCUT2D eigenvalue weighted by atomic mass is 10.0. The predicted octanol–water partition coefficient (Wildman–Crippen LogP) is 5.58. The zero-order valence-electron chi connectivity index (χ0n) is 24.2. The molecule has 10 nitrogen and oxygen atoms in total. The molecule has 0 saturated carbocycles. The lowest BCUT2D eigenvalue weighted by molar-refractivity contribution is 0.0655. The van der Waals surface area contributed by atoms with Crippen molar-refractivity contribution in [2.75, 3.05) is 27.4 Å². The van der Waals surface area contributed by atoms with Crippen molar-refractivity contribution in [3.8, 4) is 34.1 Å². The normalized spacial score (nSPS) is 13.5. The van der Waals surface area contributed by atoms with Crippen molar-refractivity contribution in [2.45, 2.75) is 25.3 Å². The van der Waals surface area contributed by atoms with Gasteiger partial charge in [-0.2, -0.15) is 5.10 Å². The Bertz CT molecular complexity index is 1870. The molecule has 1 saturated heterocycles.